The number of hydrogen-bond donors (Lipinski definition) is 2. The lowest BCUT2D eigenvalue weighted by Crippen LogP contribution is -2.71. The number of rotatable bonds is 19. The third-order valence-corrected chi connectivity index (χ3v) is 16.3. The van der Waals surface area contributed by atoms with E-state index in [0.29, 0.717) is 31.6 Å². The number of carbonyl (C=O) groups excluding carboxylic acids is 7. The van der Waals surface area contributed by atoms with Crippen LogP contribution < -0.4 is 5.32 Å². The molecule has 0 spiro atoms. The summed E-state index contributed by atoms with van der Waals surface area (Å²) in [5.41, 5.74) is -1.60. The molecule has 460 valence electrons. The van der Waals surface area contributed by atoms with E-state index in [4.69, 9.17) is 64.7 Å². The van der Waals surface area contributed by atoms with Crippen LogP contribution in [0, 0.1) is 5.92 Å². The highest BCUT2D eigenvalue weighted by molar-refractivity contribution is 7.81. The average Bonchev–Trinajstić information content (AvgIpc) is 3.40. The molecule has 5 aliphatic heterocycles. The number of ether oxygens (including phenoxy) is 11. The van der Waals surface area contributed by atoms with Gasteiger partial charge in [-0.25, -0.2) is 9.59 Å². The number of carbonyl (C=O) groups is 7. The molecule has 80 heavy (non-hydrogen) atoms. The Morgan fingerprint density at radius 2 is 1.07 bits per heavy atom. The Hall–Kier alpha value is -3.98. The third-order valence-electron chi connectivity index (χ3n) is 15.6. The largest absolute Gasteiger partial charge is 0.463 e. The van der Waals surface area contributed by atoms with Gasteiger partial charge in [-0.3, -0.25) is 24.0 Å². The zero-order chi connectivity index (χ0) is 59.1. The Bertz CT molecular complexity index is 1880. The molecule has 5 rings (SSSR count). The summed E-state index contributed by atoms with van der Waals surface area (Å²) in [5, 5.41) is 2.55. The van der Waals surface area contributed by atoms with Crippen LogP contribution in [0.2, 0.25) is 0 Å². The molecule has 5 fully saturated rings. The van der Waals surface area contributed by atoms with E-state index in [2.05, 4.69) is 18.8 Å². The Morgan fingerprint density at radius 1 is 0.588 bits per heavy atom. The Labute approximate surface area is 483 Å². The summed E-state index contributed by atoms with van der Waals surface area (Å²) in [4.78, 5) is 91.0. The molecule has 0 radical (unpaired) electrons. The average molecular weight is 1160 g/mol. The van der Waals surface area contributed by atoms with Gasteiger partial charge in [0.2, 0.25) is 0 Å². The van der Waals surface area contributed by atoms with Crippen molar-refractivity contribution in [2.24, 2.45) is 5.92 Å². The molecule has 0 aromatic rings. The summed E-state index contributed by atoms with van der Waals surface area (Å²) in [5.74, 6) is -3.61. The second-order valence-electron chi connectivity index (χ2n) is 22.0. The van der Waals surface area contributed by atoms with Crippen molar-refractivity contribution in [2.45, 2.75) is 288 Å². The first kappa shape index (κ1) is 70.3. The van der Waals surface area contributed by atoms with E-state index < -0.39 is 120 Å². The maximum atomic E-state index is 13.4. The van der Waals surface area contributed by atoms with E-state index in [0.717, 1.165) is 63.9 Å². The van der Waals surface area contributed by atoms with Crippen molar-refractivity contribution in [2.75, 3.05) is 33.0 Å². The van der Waals surface area contributed by atoms with E-state index in [-0.39, 0.29) is 39.2 Å². The van der Waals surface area contributed by atoms with Crippen LogP contribution in [0.3, 0.4) is 0 Å². The minimum atomic E-state index is -1.60. The van der Waals surface area contributed by atoms with E-state index in [1.807, 2.05) is 6.92 Å². The molecular formula is C60H101NO18S. The molecule has 5 aliphatic rings. The first-order valence-corrected chi connectivity index (χ1v) is 30.6. The standard InChI is InChI=1S/C60H101NO18S/c1-11-16-31-46-32-27-25-23-21-19-17-18-20-22-24-26-29-35-60(80,34-12-2)57-55(76-45(10)66)53(74-43(8)64)51(48(78-57)39-71-41(6)62)79-59(14-4,15-5)56-54(75-44(9)65)52(73-42(7)63)50(70-37-30-28-33-46)47(77-56)40-72-58(68)61-36-38-69-49(67)13-3/h13,46-48,50-57,80H,3,11-12,14-40H2,1-2,4-10H3,(H,61,68)/t46?,47?,48?,50?,51-,52?,53?,54?,55?,56?,57?,60?/m1/s1. The van der Waals surface area contributed by atoms with Gasteiger partial charge in [-0.05, 0) is 38.0 Å². The number of fused-ring (bicyclic) bond motifs is 2. The fourth-order valence-electron chi connectivity index (χ4n) is 11.7. The zero-order valence-electron chi connectivity index (χ0n) is 49.9. The fourth-order valence-corrected chi connectivity index (χ4v) is 12.3. The Morgan fingerprint density at radius 3 is 1.60 bits per heavy atom. The normalized spacial score (nSPS) is 29.8. The van der Waals surface area contributed by atoms with E-state index in [1.54, 1.807) is 13.8 Å². The number of alkyl carbamates (subject to hydrolysis) is 1. The predicted molar refractivity (Wildman–Crippen MR) is 303 cm³/mol. The van der Waals surface area contributed by atoms with E-state index >= 15 is 0 Å². The highest BCUT2D eigenvalue weighted by Gasteiger charge is 2.62. The zero-order valence-corrected chi connectivity index (χ0v) is 50.8. The molecule has 1 amide bonds. The number of nitrogens with one attached hydrogen (secondary N) is 1. The second kappa shape index (κ2) is 38.0. The lowest BCUT2D eigenvalue weighted by atomic mass is 9.79. The minimum absolute atomic E-state index is 0.0948. The van der Waals surface area contributed by atoms with Crippen LogP contribution in [-0.4, -0.2) is 146 Å². The molecule has 19 nitrogen and oxygen atoms in total. The lowest BCUT2D eigenvalue weighted by Gasteiger charge is -2.55. The van der Waals surface area contributed by atoms with Crippen LogP contribution in [0.15, 0.2) is 12.7 Å². The van der Waals surface area contributed by atoms with Gasteiger partial charge in [0, 0.05) is 52.0 Å². The minimum Gasteiger partial charge on any atom is -0.463 e. The highest BCUT2D eigenvalue weighted by Crippen LogP contribution is 2.46. The molecule has 0 aromatic heterocycles. The first-order valence-electron chi connectivity index (χ1n) is 30.1. The topological polar surface area (TPSA) is 233 Å². The van der Waals surface area contributed by atoms with Gasteiger partial charge in [0.05, 0.1) is 12.1 Å². The first-order chi connectivity index (χ1) is 38.3. The molecule has 5 heterocycles. The summed E-state index contributed by atoms with van der Waals surface area (Å²) >= 11 is 5.38. The van der Waals surface area contributed by atoms with Crippen LogP contribution >= 0.6 is 12.6 Å². The van der Waals surface area contributed by atoms with E-state index in [9.17, 15) is 33.6 Å². The molecule has 4 bridgehead atoms. The smallest absolute Gasteiger partial charge is 0.407 e. The van der Waals surface area contributed by atoms with Crippen LogP contribution in [0.5, 0.6) is 0 Å². The molecule has 0 saturated carbocycles. The molecule has 20 heteroatoms. The SMILES string of the molecule is C=CC(=O)OCCNC(=O)OCC1OC2C(OC(C)=O)C(OC(C)=O)C1OCCCCC(CCCC)CCCCCCCCCCCCCCC(S)(CCC)C1OC(COC(C)=O)[C@@H](OC2(CC)CC)C(OC(C)=O)C1OC(C)=O. The number of unbranched alkanes of at least 4 members (excludes halogenated alkanes) is 1. The maximum Gasteiger partial charge on any atom is 0.407 e. The maximum absolute atomic E-state index is 13.4. The molecule has 1 N–H and O–H groups in total. The van der Waals surface area contributed by atoms with Gasteiger partial charge in [-0.1, -0.05) is 156 Å². The molecule has 0 aliphatic carbocycles. The van der Waals surface area contributed by atoms with Crippen LogP contribution in [0.4, 0.5) is 4.79 Å². The number of amides is 1. The fraction of sp³-hybridized carbons (Fsp3) is 0.850. The summed E-state index contributed by atoms with van der Waals surface area (Å²) in [7, 11) is 0. The van der Waals surface area contributed by atoms with Crippen molar-refractivity contribution in [3.05, 3.63) is 12.7 Å². The summed E-state index contributed by atoms with van der Waals surface area (Å²) < 4.78 is 68.3. The van der Waals surface area contributed by atoms with Crippen molar-refractivity contribution >= 4 is 54.5 Å². The molecule has 5 saturated heterocycles. The quantitative estimate of drug-likeness (QED) is 0.0402. The van der Waals surface area contributed by atoms with E-state index in [1.165, 1.54) is 92.4 Å². The van der Waals surface area contributed by atoms with Crippen molar-refractivity contribution < 1.29 is 85.7 Å². The monoisotopic (exact) mass is 1160 g/mol. The van der Waals surface area contributed by atoms with Gasteiger partial charge in [0.25, 0.3) is 0 Å². The van der Waals surface area contributed by atoms with Crippen LogP contribution in [-0.2, 0) is 80.9 Å². The van der Waals surface area contributed by atoms with Crippen molar-refractivity contribution in [1.29, 1.82) is 0 Å². The summed E-state index contributed by atoms with van der Waals surface area (Å²) in [6.07, 6.45) is 10.1. The Kier molecular flexibility index (Phi) is 33.4. The van der Waals surface area contributed by atoms with Gasteiger partial charge in [0.1, 0.15) is 56.4 Å². The number of hydrogen-bond acceptors (Lipinski definition) is 19. The van der Waals surface area contributed by atoms with Gasteiger partial charge in [-0.2, -0.15) is 12.6 Å². The summed E-state index contributed by atoms with van der Waals surface area (Å²) in [6.45, 7) is 16.5. The van der Waals surface area contributed by atoms with Gasteiger partial charge in [-0.15, -0.1) is 0 Å². The predicted octanol–water partition coefficient (Wildman–Crippen LogP) is 10.5. The third kappa shape index (κ3) is 24.1. The van der Waals surface area contributed by atoms with Gasteiger partial charge < -0.3 is 57.4 Å². The van der Waals surface area contributed by atoms with Gasteiger partial charge >= 0.3 is 41.9 Å². The van der Waals surface area contributed by atoms with Crippen LogP contribution in [0.25, 0.3) is 0 Å². The highest BCUT2D eigenvalue weighted by atomic mass is 32.1. The molecular weight excluding hydrogens is 1050 g/mol. The Balaban J connectivity index is 2.28. The van der Waals surface area contributed by atoms with Crippen molar-refractivity contribution in [1.82, 2.24) is 5.32 Å². The second-order valence-corrected chi connectivity index (χ2v) is 22.9. The van der Waals surface area contributed by atoms with Crippen LogP contribution in [0.1, 0.15) is 216 Å². The lowest BCUT2D eigenvalue weighted by molar-refractivity contribution is -0.325. The molecule has 0 aromatic carbocycles. The molecule has 12 atom stereocenters. The van der Waals surface area contributed by atoms with Gasteiger partial charge in [0.15, 0.2) is 24.4 Å². The molecule has 11 unspecified atom stereocenters. The summed E-state index contributed by atoms with van der Waals surface area (Å²) in [6, 6.07) is 0. The van der Waals surface area contributed by atoms with Crippen molar-refractivity contribution in [3.8, 4) is 0 Å². The number of thiol groups is 1. The number of esters is 6. The van der Waals surface area contributed by atoms with Crippen molar-refractivity contribution in [3.63, 3.8) is 0 Å².